The molecule has 110 valence electrons. The van der Waals surface area contributed by atoms with Crippen LogP contribution in [0.1, 0.15) is 17.0 Å². The Bertz CT molecular complexity index is 646. The van der Waals surface area contributed by atoms with E-state index in [1.165, 1.54) is 17.6 Å². The van der Waals surface area contributed by atoms with Gasteiger partial charge < -0.3 is 10.5 Å². The first-order valence-corrected chi connectivity index (χ1v) is 7.98. The fraction of sp³-hybridized carbons (Fsp3) is 0.294. The number of hydrogen-bond acceptors (Lipinski definition) is 3. The number of fused-ring (bicyclic) bond motifs is 1. The summed E-state index contributed by atoms with van der Waals surface area (Å²) in [4.78, 5) is 1.30. The lowest BCUT2D eigenvalue weighted by atomic mass is 9.89. The van der Waals surface area contributed by atoms with Crippen molar-refractivity contribution in [2.45, 2.75) is 23.3 Å². The van der Waals surface area contributed by atoms with E-state index < -0.39 is 0 Å². The number of methoxy groups -OCH3 is 1. The third kappa shape index (κ3) is 2.78. The van der Waals surface area contributed by atoms with Gasteiger partial charge in [-0.1, -0.05) is 30.3 Å². The highest BCUT2D eigenvalue weighted by Crippen LogP contribution is 2.41. The van der Waals surface area contributed by atoms with Crippen molar-refractivity contribution in [3.05, 3.63) is 59.4 Å². The average molecular weight is 303 g/mol. The zero-order valence-corrected chi connectivity index (χ0v) is 12.7. The van der Waals surface area contributed by atoms with Gasteiger partial charge in [-0.25, -0.2) is 4.39 Å². The van der Waals surface area contributed by atoms with Gasteiger partial charge >= 0.3 is 0 Å². The Balaban J connectivity index is 1.80. The molecule has 0 bridgehead atoms. The van der Waals surface area contributed by atoms with Crippen LogP contribution in [0.3, 0.4) is 0 Å². The van der Waals surface area contributed by atoms with Crippen molar-refractivity contribution < 1.29 is 9.13 Å². The predicted molar refractivity (Wildman–Crippen MR) is 84.5 cm³/mol. The van der Waals surface area contributed by atoms with Crippen LogP contribution in [0.25, 0.3) is 0 Å². The second kappa shape index (κ2) is 6.08. The molecule has 0 amide bonds. The van der Waals surface area contributed by atoms with Gasteiger partial charge in [0, 0.05) is 22.6 Å². The van der Waals surface area contributed by atoms with Gasteiger partial charge in [-0.2, -0.15) is 0 Å². The van der Waals surface area contributed by atoms with Gasteiger partial charge in [-0.15, -0.1) is 11.8 Å². The van der Waals surface area contributed by atoms with Crippen LogP contribution in [0, 0.1) is 5.82 Å². The number of nitrogens with two attached hydrogens (primary N) is 1. The van der Waals surface area contributed by atoms with E-state index in [-0.39, 0.29) is 23.5 Å². The van der Waals surface area contributed by atoms with Crippen LogP contribution in [-0.2, 0) is 6.42 Å². The first-order valence-electron chi connectivity index (χ1n) is 6.99. The maximum atomic E-state index is 14.2. The van der Waals surface area contributed by atoms with E-state index in [0.29, 0.717) is 12.0 Å². The molecule has 21 heavy (non-hydrogen) atoms. The van der Waals surface area contributed by atoms with E-state index in [2.05, 4.69) is 12.1 Å². The van der Waals surface area contributed by atoms with Crippen molar-refractivity contribution in [2.75, 3.05) is 12.9 Å². The minimum absolute atomic E-state index is 0.0947. The van der Waals surface area contributed by atoms with Gasteiger partial charge in [-0.3, -0.25) is 0 Å². The summed E-state index contributed by atoms with van der Waals surface area (Å²) in [5.74, 6) is 1.22. The number of ether oxygens (including phenoxy) is 1. The molecule has 2 nitrogen and oxygen atoms in total. The first kappa shape index (κ1) is 14.4. The molecule has 1 heterocycles. The Morgan fingerprint density at radius 2 is 2.10 bits per heavy atom. The molecule has 3 rings (SSSR count). The number of benzene rings is 2. The molecule has 1 aliphatic rings. The number of hydrogen-bond donors (Lipinski definition) is 1. The number of halogens is 1. The molecule has 4 heteroatoms. The van der Waals surface area contributed by atoms with E-state index in [9.17, 15) is 4.39 Å². The Morgan fingerprint density at radius 3 is 2.90 bits per heavy atom. The molecule has 1 aliphatic heterocycles. The van der Waals surface area contributed by atoms with Crippen LogP contribution in [0.15, 0.2) is 47.4 Å². The lowest BCUT2D eigenvalue weighted by Gasteiger charge is -2.20. The summed E-state index contributed by atoms with van der Waals surface area (Å²) in [5, 5.41) is 0. The van der Waals surface area contributed by atoms with Crippen LogP contribution in [0.5, 0.6) is 5.75 Å². The van der Waals surface area contributed by atoms with Gasteiger partial charge in [0.1, 0.15) is 0 Å². The van der Waals surface area contributed by atoms with Gasteiger partial charge in [0.25, 0.3) is 0 Å². The normalized spacial score (nSPS) is 18.3. The lowest BCUT2D eigenvalue weighted by molar-refractivity contribution is 0.383. The third-order valence-electron chi connectivity index (χ3n) is 3.97. The molecule has 0 spiro atoms. The summed E-state index contributed by atoms with van der Waals surface area (Å²) in [5.41, 5.74) is 8.28. The second-order valence-electron chi connectivity index (χ2n) is 5.26. The minimum Gasteiger partial charge on any atom is -0.494 e. The van der Waals surface area contributed by atoms with Gasteiger partial charge in [0.2, 0.25) is 0 Å². The molecule has 2 N–H and O–H groups in total. The highest BCUT2D eigenvalue weighted by atomic mass is 32.2. The third-order valence-corrected chi connectivity index (χ3v) is 5.18. The predicted octanol–water partition coefficient (Wildman–Crippen LogP) is 3.59. The van der Waals surface area contributed by atoms with Crippen molar-refractivity contribution >= 4 is 11.8 Å². The fourth-order valence-electron chi connectivity index (χ4n) is 2.81. The van der Waals surface area contributed by atoms with E-state index in [4.69, 9.17) is 10.5 Å². The molecule has 0 saturated carbocycles. The van der Waals surface area contributed by atoms with Gasteiger partial charge in [0.05, 0.1) is 7.11 Å². The maximum absolute atomic E-state index is 14.2. The van der Waals surface area contributed by atoms with Crippen molar-refractivity contribution in [3.63, 3.8) is 0 Å². The summed E-state index contributed by atoms with van der Waals surface area (Å²) in [6, 6.07) is 13.5. The largest absolute Gasteiger partial charge is 0.494 e. The van der Waals surface area contributed by atoms with Gasteiger partial charge in [-0.05, 0) is 29.7 Å². The molecular formula is C17H18FNOS. The van der Waals surface area contributed by atoms with Crippen LogP contribution in [0.4, 0.5) is 4.39 Å². The lowest BCUT2D eigenvalue weighted by Crippen LogP contribution is -2.31. The summed E-state index contributed by atoms with van der Waals surface area (Å²) < 4.78 is 19.3. The van der Waals surface area contributed by atoms with Crippen molar-refractivity contribution in [1.82, 2.24) is 0 Å². The van der Waals surface area contributed by atoms with Gasteiger partial charge in [0.15, 0.2) is 11.6 Å². The zero-order chi connectivity index (χ0) is 14.8. The Morgan fingerprint density at radius 1 is 1.29 bits per heavy atom. The number of rotatable bonds is 4. The van der Waals surface area contributed by atoms with Crippen molar-refractivity contribution in [3.8, 4) is 5.75 Å². The summed E-state index contributed by atoms with van der Waals surface area (Å²) in [7, 11) is 1.48. The van der Waals surface area contributed by atoms with E-state index >= 15 is 0 Å². The molecule has 0 aliphatic carbocycles. The average Bonchev–Trinajstić information content (AvgIpc) is 2.93. The summed E-state index contributed by atoms with van der Waals surface area (Å²) in [6.45, 7) is 0. The van der Waals surface area contributed by atoms with Crippen LogP contribution in [-0.4, -0.2) is 18.9 Å². The Kier molecular flexibility index (Phi) is 4.17. The summed E-state index contributed by atoms with van der Waals surface area (Å²) in [6.07, 6.45) is 0.516. The fourth-order valence-corrected chi connectivity index (χ4v) is 4.16. The molecule has 2 aromatic carbocycles. The standard InChI is InChI=1S/C17H18FNOS/c1-20-15-7-4-5-11(17(15)18)9-14(19)13-10-21-16-8-3-2-6-12(13)16/h2-8,13-14H,9-10,19H2,1H3. The minimum atomic E-state index is -0.297. The molecule has 0 fully saturated rings. The molecular weight excluding hydrogens is 285 g/mol. The first-order chi connectivity index (χ1) is 10.2. The SMILES string of the molecule is COc1cccc(CC(N)C2CSc3ccccc32)c1F. The monoisotopic (exact) mass is 303 g/mol. The van der Waals surface area contributed by atoms with Crippen LogP contribution in [0.2, 0.25) is 0 Å². The molecule has 2 aromatic rings. The second-order valence-corrected chi connectivity index (χ2v) is 6.32. The molecule has 2 unspecified atom stereocenters. The van der Waals surface area contributed by atoms with Crippen molar-refractivity contribution in [2.24, 2.45) is 5.73 Å². The smallest absolute Gasteiger partial charge is 0.168 e. The van der Waals surface area contributed by atoms with E-state index in [1.54, 1.807) is 18.2 Å². The Hall–Kier alpha value is -1.52. The summed E-state index contributed by atoms with van der Waals surface area (Å²) >= 11 is 1.83. The molecule has 0 radical (unpaired) electrons. The highest BCUT2D eigenvalue weighted by Gasteiger charge is 2.28. The van der Waals surface area contributed by atoms with Crippen molar-refractivity contribution in [1.29, 1.82) is 0 Å². The molecule has 0 saturated heterocycles. The van der Waals surface area contributed by atoms with Crippen LogP contribution >= 0.6 is 11.8 Å². The number of thioether (sulfide) groups is 1. The van der Waals surface area contributed by atoms with E-state index in [1.807, 2.05) is 23.9 Å². The topological polar surface area (TPSA) is 35.2 Å². The maximum Gasteiger partial charge on any atom is 0.168 e. The molecule has 2 atom stereocenters. The Labute approximate surface area is 128 Å². The zero-order valence-electron chi connectivity index (χ0n) is 11.9. The van der Waals surface area contributed by atoms with Crippen LogP contribution < -0.4 is 10.5 Å². The quantitative estimate of drug-likeness (QED) is 0.937. The van der Waals surface area contributed by atoms with E-state index in [0.717, 1.165) is 5.75 Å². The highest BCUT2D eigenvalue weighted by molar-refractivity contribution is 7.99. The molecule has 0 aromatic heterocycles.